The zero-order valence-electron chi connectivity index (χ0n) is 16.8. The van der Waals surface area contributed by atoms with Gasteiger partial charge in [-0.2, -0.15) is 17.5 Å². The number of aliphatic imine (C=N–C) groups is 1. The normalized spacial score (nSPS) is 17.4. The zero-order valence-corrected chi connectivity index (χ0v) is 17.6. The van der Waals surface area contributed by atoms with Crippen molar-refractivity contribution in [1.29, 1.82) is 0 Å². The summed E-state index contributed by atoms with van der Waals surface area (Å²) in [5, 5.41) is 7.38. The fourth-order valence-corrected chi connectivity index (χ4v) is 4.50. The molecular formula is C19H25F3N4O3S. The van der Waals surface area contributed by atoms with Gasteiger partial charge in [0.25, 0.3) is 0 Å². The topological polar surface area (TPSA) is 86.9 Å². The van der Waals surface area contributed by atoms with Crippen molar-refractivity contribution in [3.63, 3.8) is 0 Å². The van der Waals surface area contributed by atoms with Crippen molar-refractivity contribution < 1.29 is 26.0 Å². The molecule has 1 fully saturated rings. The van der Waals surface area contributed by atoms with E-state index in [0.29, 0.717) is 36.2 Å². The number of halogens is 3. The lowest BCUT2D eigenvalue weighted by molar-refractivity contribution is -0.0496. The third-order valence-corrected chi connectivity index (χ3v) is 6.98. The van der Waals surface area contributed by atoms with Gasteiger partial charge in [0.15, 0.2) is 5.96 Å². The Bertz CT molecular complexity index is 1010. The number of rotatable bonds is 5. The van der Waals surface area contributed by atoms with Crippen LogP contribution >= 0.6 is 0 Å². The summed E-state index contributed by atoms with van der Waals surface area (Å²) in [6, 6.07) is 7.77. The second kappa shape index (κ2) is 8.84. The molecule has 1 aromatic carbocycles. The van der Waals surface area contributed by atoms with Gasteiger partial charge in [0.2, 0.25) is 0 Å². The number of guanidine groups is 1. The van der Waals surface area contributed by atoms with E-state index in [1.807, 2.05) is 31.2 Å². The lowest BCUT2D eigenvalue weighted by Gasteiger charge is -2.31. The van der Waals surface area contributed by atoms with E-state index >= 15 is 0 Å². The summed E-state index contributed by atoms with van der Waals surface area (Å²) < 4.78 is 67.3. The zero-order chi connectivity index (χ0) is 21.9. The minimum Gasteiger partial charge on any atom is -0.459 e. The summed E-state index contributed by atoms with van der Waals surface area (Å²) in [6.07, 6.45) is 0.698. The van der Waals surface area contributed by atoms with Gasteiger partial charge in [-0.1, -0.05) is 18.2 Å². The van der Waals surface area contributed by atoms with Crippen molar-refractivity contribution in [2.24, 2.45) is 10.9 Å². The smallest absolute Gasteiger partial charge is 0.459 e. The first-order valence-corrected chi connectivity index (χ1v) is 11.1. The van der Waals surface area contributed by atoms with Crippen LogP contribution in [0.2, 0.25) is 0 Å². The third kappa shape index (κ3) is 4.72. The number of hydrogen-bond donors (Lipinski definition) is 2. The SMILES string of the molecule is CN=C(NCc1oc2ccccc2c1C)NCC1CCN(S(=O)(=O)C(F)(F)F)CC1. The molecule has 3 rings (SSSR count). The maximum absolute atomic E-state index is 12.7. The molecule has 11 heteroatoms. The van der Waals surface area contributed by atoms with Gasteiger partial charge in [-0.3, -0.25) is 4.99 Å². The number of fused-ring (bicyclic) bond motifs is 1. The number of piperidine rings is 1. The van der Waals surface area contributed by atoms with Crippen molar-refractivity contribution in [2.45, 2.75) is 31.8 Å². The lowest BCUT2D eigenvalue weighted by Crippen LogP contribution is -2.47. The minimum absolute atomic E-state index is 0.0520. The minimum atomic E-state index is -5.25. The predicted molar refractivity (Wildman–Crippen MR) is 108 cm³/mol. The van der Waals surface area contributed by atoms with E-state index < -0.39 is 15.5 Å². The Morgan fingerprint density at radius 1 is 1.23 bits per heavy atom. The molecule has 1 aromatic heterocycles. The van der Waals surface area contributed by atoms with Gasteiger partial charge in [0, 0.05) is 37.6 Å². The van der Waals surface area contributed by atoms with Gasteiger partial charge >= 0.3 is 15.5 Å². The van der Waals surface area contributed by atoms with Crippen molar-refractivity contribution in [2.75, 3.05) is 26.7 Å². The summed E-state index contributed by atoms with van der Waals surface area (Å²) in [4.78, 5) is 4.16. The fourth-order valence-electron chi connectivity index (χ4n) is 3.52. The number of alkyl halides is 3. The van der Waals surface area contributed by atoms with E-state index in [4.69, 9.17) is 4.42 Å². The molecule has 7 nitrogen and oxygen atoms in total. The Morgan fingerprint density at radius 3 is 2.50 bits per heavy atom. The van der Waals surface area contributed by atoms with E-state index in [1.165, 1.54) is 0 Å². The Hall–Kier alpha value is -2.27. The van der Waals surface area contributed by atoms with Gasteiger partial charge in [0.1, 0.15) is 11.3 Å². The molecule has 0 saturated carbocycles. The Kier molecular flexibility index (Phi) is 6.61. The first-order chi connectivity index (χ1) is 14.1. The molecule has 0 amide bonds. The number of para-hydroxylation sites is 1. The van der Waals surface area contributed by atoms with Gasteiger partial charge in [-0.05, 0) is 31.7 Å². The molecule has 0 spiro atoms. The van der Waals surface area contributed by atoms with Crippen molar-refractivity contribution in [3.05, 3.63) is 35.6 Å². The van der Waals surface area contributed by atoms with E-state index in [2.05, 4.69) is 15.6 Å². The van der Waals surface area contributed by atoms with Crippen LogP contribution in [0.15, 0.2) is 33.7 Å². The molecule has 1 saturated heterocycles. The van der Waals surface area contributed by atoms with E-state index in [-0.39, 0.29) is 19.0 Å². The lowest BCUT2D eigenvalue weighted by atomic mass is 9.98. The molecule has 1 aliphatic heterocycles. The van der Waals surface area contributed by atoms with Crippen LogP contribution in [-0.2, 0) is 16.6 Å². The third-order valence-electron chi connectivity index (χ3n) is 5.35. The molecule has 2 heterocycles. The average Bonchev–Trinajstić information content (AvgIpc) is 3.03. The van der Waals surface area contributed by atoms with E-state index in [0.717, 1.165) is 22.3 Å². The van der Waals surface area contributed by atoms with Crippen molar-refractivity contribution in [1.82, 2.24) is 14.9 Å². The van der Waals surface area contributed by atoms with Crippen LogP contribution in [0.5, 0.6) is 0 Å². The number of furan rings is 1. The van der Waals surface area contributed by atoms with Crippen molar-refractivity contribution >= 4 is 27.0 Å². The Labute approximate surface area is 173 Å². The second-order valence-electron chi connectivity index (χ2n) is 7.25. The van der Waals surface area contributed by atoms with Gasteiger partial charge in [0.05, 0.1) is 6.54 Å². The van der Waals surface area contributed by atoms with Crippen molar-refractivity contribution in [3.8, 4) is 0 Å². The summed E-state index contributed by atoms with van der Waals surface area (Å²) in [7, 11) is -3.62. The largest absolute Gasteiger partial charge is 0.511 e. The first kappa shape index (κ1) is 22.4. The quantitative estimate of drug-likeness (QED) is 0.545. The highest BCUT2D eigenvalue weighted by Crippen LogP contribution is 2.30. The number of aryl methyl sites for hydroxylation is 1. The van der Waals surface area contributed by atoms with Crippen LogP contribution in [0.1, 0.15) is 24.2 Å². The van der Waals surface area contributed by atoms with Gasteiger partial charge < -0.3 is 15.1 Å². The number of sulfonamides is 1. The van der Waals surface area contributed by atoms with Crippen LogP contribution in [0.25, 0.3) is 11.0 Å². The van der Waals surface area contributed by atoms with E-state index in [9.17, 15) is 21.6 Å². The molecule has 166 valence electrons. The Morgan fingerprint density at radius 2 is 1.90 bits per heavy atom. The summed E-state index contributed by atoms with van der Waals surface area (Å²) in [5.41, 5.74) is -3.39. The number of hydrogen-bond acceptors (Lipinski definition) is 4. The highest BCUT2D eigenvalue weighted by Gasteiger charge is 2.50. The average molecular weight is 446 g/mol. The summed E-state index contributed by atoms with van der Waals surface area (Å²) >= 11 is 0. The molecule has 2 aromatic rings. The standard InChI is InChI=1S/C19H25F3N4O3S/c1-13-15-5-3-4-6-16(15)29-17(13)12-25-18(23-2)24-11-14-7-9-26(10-8-14)30(27,28)19(20,21)22/h3-6,14H,7-12H2,1-2H3,(H2,23,24,25). The molecule has 0 unspecified atom stereocenters. The molecule has 2 N–H and O–H groups in total. The number of nitrogens with one attached hydrogen (secondary N) is 2. The molecule has 0 radical (unpaired) electrons. The van der Waals surface area contributed by atoms with Gasteiger partial charge in [-0.25, -0.2) is 8.42 Å². The van der Waals surface area contributed by atoms with Gasteiger partial charge in [-0.15, -0.1) is 0 Å². The number of benzene rings is 1. The van der Waals surface area contributed by atoms with Crippen LogP contribution in [0.3, 0.4) is 0 Å². The molecule has 0 bridgehead atoms. The molecule has 0 aliphatic carbocycles. The highest BCUT2D eigenvalue weighted by molar-refractivity contribution is 7.90. The van der Waals surface area contributed by atoms with Crippen LogP contribution in [0, 0.1) is 12.8 Å². The molecule has 0 atom stereocenters. The monoisotopic (exact) mass is 446 g/mol. The first-order valence-electron chi connectivity index (χ1n) is 9.61. The fraction of sp³-hybridized carbons (Fsp3) is 0.526. The maximum Gasteiger partial charge on any atom is 0.511 e. The van der Waals surface area contributed by atoms with E-state index in [1.54, 1.807) is 7.05 Å². The molecule has 1 aliphatic rings. The van der Waals surface area contributed by atoms with Crippen LogP contribution < -0.4 is 10.6 Å². The number of nitrogens with zero attached hydrogens (tertiary/aromatic N) is 2. The molecule has 30 heavy (non-hydrogen) atoms. The van der Waals surface area contributed by atoms with Crippen LogP contribution in [-0.4, -0.2) is 50.9 Å². The summed E-state index contributed by atoms with van der Waals surface area (Å²) in [6.45, 7) is 2.62. The summed E-state index contributed by atoms with van der Waals surface area (Å²) in [5.74, 6) is 1.39. The maximum atomic E-state index is 12.7. The highest BCUT2D eigenvalue weighted by atomic mass is 32.2. The predicted octanol–water partition coefficient (Wildman–Crippen LogP) is 2.97. The molecular weight excluding hydrogens is 421 g/mol. The van der Waals surface area contributed by atoms with Crippen LogP contribution in [0.4, 0.5) is 13.2 Å². The second-order valence-corrected chi connectivity index (χ2v) is 9.18. The Balaban J connectivity index is 1.49.